The first-order chi connectivity index (χ1) is 11.1. The number of hydrogen-bond donors (Lipinski definition) is 1. The van der Waals surface area contributed by atoms with Gasteiger partial charge in [0.15, 0.2) is 0 Å². The summed E-state index contributed by atoms with van der Waals surface area (Å²) in [6.45, 7) is 4.51. The summed E-state index contributed by atoms with van der Waals surface area (Å²) in [6.07, 6.45) is 6.36. The lowest BCUT2D eigenvalue weighted by Gasteiger charge is -2.23. The van der Waals surface area contributed by atoms with Crippen molar-refractivity contribution in [3.8, 4) is 0 Å². The standard InChI is InChI=1S/C17H25N5O/c1-4-20(2)16-9-6-5-8-15(16)19-17(23)21(3)11-7-12-22-13-10-18-14-22/h5-6,8-10,13-14H,4,7,11-12H2,1-3H3,(H,19,23). The van der Waals surface area contributed by atoms with Crippen LogP contribution in [0.2, 0.25) is 0 Å². The number of nitrogens with zero attached hydrogens (tertiary/aromatic N) is 4. The predicted molar refractivity (Wildman–Crippen MR) is 93.9 cm³/mol. The van der Waals surface area contributed by atoms with Gasteiger partial charge in [-0.2, -0.15) is 0 Å². The molecule has 0 aliphatic carbocycles. The maximum Gasteiger partial charge on any atom is 0.321 e. The Balaban J connectivity index is 1.88. The number of rotatable bonds is 7. The number of para-hydroxylation sites is 2. The number of amides is 2. The number of carbonyl (C=O) groups is 1. The predicted octanol–water partition coefficient (Wildman–Crippen LogP) is 2.89. The third kappa shape index (κ3) is 4.74. The third-order valence-corrected chi connectivity index (χ3v) is 3.85. The molecule has 0 atom stereocenters. The minimum atomic E-state index is -0.0902. The van der Waals surface area contributed by atoms with Gasteiger partial charge in [-0.15, -0.1) is 0 Å². The Kier molecular flexibility index (Phi) is 6.02. The topological polar surface area (TPSA) is 53.4 Å². The fourth-order valence-electron chi connectivity index (χ4n) is 2.30. The highest BCUT2D eigenvalue weighted by atomic mass is 16.2. The molecule has 0 saturated carbocycles. The van der Waals surface area contributed by atoms with E-state index in [0.717, 1.165) is 30.9 Å². The van der Waals surface area contributed by atoms with E-state index in [4.69, 9.17) is 0 Å². The lowest BCUT2D eigenvalue weighted by atomic mass is 10.2. The molecule has 0 bridgehead atoms. The molecule has 0 aliphatic heterocycles. The largest absolute Gasteiger partial charge is 0.373 e. The van der Waals surface area contributed by atoms with Gasteiger partial charge >= 0.3 is 6.03 Å². The first-order valence-electron chi connectivity index (χ1n) is 7.90. The van der Waals surface area contributed by atoms with E-state index in [1.807, 2.05) is 49.1 Å². The van der Waals surface area contributed by atoms with Crippen molar-refractivity contribution in [3.05, 3.63) is 43.0 Å². The van der Waals surface area contributed by atoms with Crippen LogP contribution in [0.25, 0.3) is 0 Å². The van der Waals surface area contributed by atoms with Gasteiger partial charge in [-0.1, -0.05) is 12.1 Å². The van der Waals surface area contributed by atoms with Gasteiger partial charge in [0.05, 0.1) is 17.7 Å². The molecule has 2 amide bonds. The van der Waals surface area contributed by atoms with Gasteiger partial charge in [-0.05, 0) is 25.5 Å². The van der Waals surface area contributed by atoms with Crippen molar-refractivity contribution < 1.29 is 4.79 Å². The number of aromatic nitrogens is 2. The average molecular weight is 315 g/mol. The molecule has 0 aliphatic rings. The van der Waals surface area contributed by atoms with Crippen molar-refractivity contribution in [2.24, 2.45) is 0 Å². The van der Waals surface area contributed by atoms with Crippen LogP contribution < -0.4 is 10.2 Å². The number of imidazole rings is 1. The molecule has 124 valence electrons. The normalized spacial score (nSPS) is 10.4. The molecule has 0 radical (unpaired) electrons. The van der Waals surface area contributed by atoms with Crippen LogP contribution in [-0.2, 0) is 6.54 Å². The van der Waals surface area contributed by atoms with Gasteiger partial charge < -0.3 is 19.7 Å². The molecule has 2 rings (SSSR count). The minimum absolute atomic E-state index is 0.0902. The van der Waals surface area contributed by atoms with Crippen molar-refractivity contribution in [1.82, 2.24) is 14.5 Å². The van der Waals surface area contributed by atoms with Crippen LogP contribution in [0.5, 0.6) is 0 Å². The van der Waals surface area contributed by atoms with Crippen LogP contribution in [0.4, 0.5) is 16.2 Å². The van der Waals surface area contributed by atoms with E-state index >= 15 is 0 Å². The molecule has 1 aromatic heterocycles. The van der Waals surface area contributed by atoms with E-state index in [1.54, 1.807) is 17.4 Å². The molecular weight excluding hydrogens is 290 g/mol. The number of aryl methyl sites for hydroxylation is 1. The minimum Gasteiger partial charge on any atom is -0.373 e. The van der Waals surface area contributed by atoms with E-state index in [0.29, 0.717) is 6.54 Å². The zero-order valence-corrected chi connectivity index (χ0v) is 14.1. The van der Waals surface area contributed by atoms with E-state index in [1.165, 1.54) is 0 Å². The summed E-state index contributed by atoms with van der Waals surface area (Å²) in [5, 5.41) is 3.00. The van der Waals surface area contributed by atoms with Gasteiger partial charge in [-0.25, -0.2) is 9.78 Å². The average Bonchev–Trinajstić information content (AvgIpc) is 3.08. The molecule has 1 heterocycles. The first-order valence-corrected chi connectivity index (χ1v) is 7.90. The molecule has 23 heavy (non-hydrogen) atoms. The molecule has 6 nitrogen and oxygen atoms in total. The quantitative estimate of drug-likeness (QED) is 0.855. The number of anilines is 2. The highest BCUT2D eigenvalue weighted by Gasteiger charge is 2.12. The highest BCUT2D eigenvalue weighted by Crippen LogP contribution is 2.24. The van der Waals surface area contributed by atoms with Gasteiger partial charge in [0.25, 0.3) is 0 Å². The Morgan fingerprint density at radius 1 is 1.30 bits per heavy atom. The van der Waals surface area contributed by atoms with Crippen LogP contribution in [-0.4, -0.2) is 47.7 Å². The maximum atomic E-state index is 12.3. The van der Waals surface area contributed by atoms with E-state index in [9.17, 15) is 4.79 Å². The van der Waals surface area contributed by atoms with Crippen LogP contribution in [0.1, 0.15) is 13.3 Å². The van der Waals surface area contributed by atoms with Crippen LogP contribution in [0, 0.1) is 0 Å². The molecule has 0 spiro atoms. The summed E-state index contributed by atoms with van der Waals surface area (Å²) in [7, 11) is 3.83. The summed E-state index contributed by atoms with van der Waals surface area (Å²) < 4.78 is 2.01. The Labute approximate surface area is 137 Å². The fourth-order valence-corrected chi connectivity index (χ4v) is 2.30. The van der Waals surface area contributed by atoms with Crippen molar-refractivity contribution in [2.45, 2.75) is 19.9 Å². The Hall–Kier alpha value is -2.50. The van der Waals surface area contributed by atoms with Crippen LogP contribution >= 0.6 is 0 Å². The van der Waals surface area contributed by atoms with E-state index in [-0.39, 0.29) is 6.03 Å². The van der Waals surface area contributed by atoms with Gasteiger partial charge in [0, 0.05) is 46.1 Å². The lowest BCUT2D eigenvalue weighted by molar-refractivity contribution is 0.221. The fraction of sp³-hybridized carbons (Fsp3) is 0.412. The first kappa shape index (κ1) is 16.9. The molecule has 0 saturated heterocycles. The summed E-state index contributed by atoms with van der Waals surface area (Å²) in [5.41, 5.74) is 1.86. The monoisotopic (exact) mass is 315 g/mol. The number of hydrogen-bond acceptors (Lipinski definition) is 3. The summed E-state index contributed by atoms with van der Waals surface area (Å²) >= 11 is 0. The summed E-state index contributed by atoms with van der Waals surface area (Å²) in [4.78, 5) is 20.2. The molecule has 2 aromatic rings. The van der Waals surface area contributed by atoms with Crippen molar-refractivity contribution >= 4 is 17.4 Å². The second-order valence-electron chi connectivity index (χ2n) is 5.54. The number of nitrogens with one attached hydrogen (secondary N) is 1. The van der Waals surface area contributed by atoms with Crippen molar-refractivity contribution in [2.75, 3.05) is 37.4 Å². The number of urea groups is 1. The molecule has 0 fully saturated rings. The van der Waals surface area contributed by atoms with Gasteiger partial charge in [0.1, 0.15) is 0 Å². The Bertz CT molecular complexity index is 611. The number of benzene rings is 1. The van der Waals surface area contributed by atoms with Crippen molar-refractivity contribution in [1.29, 1.82) is 0 Å². The molecule has 1 aromatic carbocycles. The molecular formula is C17H25N5O. The van der Waals surface area contributed by atoms with Crippen LogP contribution in [0.15, 0.2) is 43.0 Å². The zero-order chi connectivity index (χ0) is 16.7. The maximum absolute atomic E-state index is 12.3. The van der Waals surface area contributed by atoms with Crippen LogP contribution in [0.3, 0.4) is 0 Å². The molecule has 6 heteroatoms. The molecule has 0 unspecified atom stereocenters. The van der Waals surface area contributed by atoms with E-state index in [2.05, 4.69) is 22.1 Å². The summed E-state index contributed by atoms with van der Waals surface area (Å²) in [6, 6.07) is 7.76. The highest BCUT2D eigenvalue weighted by molar-refractivity contribution is 5.93. The van der Waals surface area contributed by atoms with Gasteiger partial charge in [0.2, 0.25) is 0 Å². The number of carbonyl (C=O) groups excluding carboxylic acids is 1. The zero-order valence-electron chi connectivity index (χ0n) is 14.1. The smallest absolute Gasteiger partial charge is 0.321 e. The lowest BCUT2D eigenvalue weighted by Crippen LogP contribution is -2.33. The summed E-state index contributed by atoms with van der Waals surface area (Å²) in [5.74, 6) is 0. The van der Waals surface area contributed by atoms with Crippen molar-refractivity contribution in [3.63, 3.8) is 0 Å². The molecule has 1 N–H and O–H groups in total. The Morgan fingerprint density at radius 3 is 2.78 bits per heavy atom. The van der Waals surface area contributed by atoms with E-state index < -0.39 is 0 Å². The second-order valence-corrected chi connectivity index (χ2v) is 5.54. The SMILES string of the molecule is CCN(C)c1ccccc1NC(=O)N(C)CCCn1ccnc1. The van der Waals surface area contributed by atoms with Gasteiger partial charge in [-0.3, -0.25) is 0 Å². The third-order valence-electron chi connectivity index (χ3n) is 3.85. The Morgan fingerprint density at radius 2 is 2.09 bits per heavy atom. The second kappa shape index (κ2) is 8.22.